The summed E-state index contributed by atoms with van der Waals surface area (Å²) < 4.78 is -0.937. The van der Waals surface area contributed by atoms with E-state index in [1.54, 1.807) is 30.9 Å². The van der Waals surface area contributed by atoms with E-state index >= 15 is 0 Å². The van der Waals surface area contributed by atoms with Crippen LogP contribution in [0.2, 0.25) is 5.02 Å². The fourth-order valence-corrected chi connectivity index (χ4v) is 6.40. The summed E-state index contributed by atoms with van der Waals surface area (Å²) in [6, 6.07) is 7.09. The van der Waals surface area contributed by atoms with Gasteiger partial charge in [0.1, 0.15) is 4.75 Å². The number of urea groups is 1. The molecule has 1 aromatic rings. The molecule has 2 amide bonds. The van der Waals surface area contributed by atoms with Crippen LogP contribution >= 0.6 is 35.1 Å². The van der Waals surface area contributed by atoms with Gasteiger partial charge in [-0.3, -0.25) is 20.0 Å². The van der Waals surface area contributed by atoms with E-state index in [2.05, 4.69) is 10.3 Å². The first-order chi connectivity index (χ1) is 13.7. The third-order valence-corrected chi connectivity index (χ3v) is 7.92. The maximum absolute atomic E-state index is 13.1. The first-order valence-electron chi connectivity index (χ1n) is 9.71. The maximum Gasteiger partial charge on any atom is 0.327 e. The maximum atomic E-state index is 13.1. The van der Waals surface area contributed by atoms with Crippen LogP contribution in [-0.2, 0) is 4.79 Å². The molecule has 0 saturated heterocycles. The highest BCUT2D eigenvalue weighted by molar-refractivity contribution is 8.25. The molecular formula is C20H26ClN3O3S2. The molecule has 9 heteroatoms. The Bertz CT molecular complexity index is 797. The normalized spacial score (nSPS) is 19.8. The number of aliphatic carboxylic acids is 1. The van der Waals surface area contributed by atoms with Crippen molar-refractivity contribution in [3.05, 3.63) is 29.3 Å². The van der Waals surface area contributed by atoms with Gasteiger partial charge < -0.3 is 5.11 Å². The molecule has 1 unspecified atom stereocenters. The highest BCUT2D eigenvalue weighted by Crippen LogP contribution is 2.38. The molecule has 2 aliphatic rings. The fourth-order valence-electron chi connectivity index (χ4n) is 3.43. The van der Waals surface area contributed by atoms with Crippen LogP contribution in [0.3, 0.4) is 0 Å². The van der Waals surface area contributed by atoms with Crippen molar-refractivity contribution >= 4 is 58.0 Å². The average Bonchev–Trinajstić information content (AvgIpc) is 3.31. The standard InChI is InChI=1S/C20H26ClN3O3S2/c1-20(2,17(25)26)29-16-11-22-18(28-16)23-19(27)24(12-13-6-3-4-7-13)15-9-5-8-14(21)10-15/h5,8-10,13,16H,3-4,6-7,11-12H2,1-2H3,(H,25,26)(H,22,23,27). The minimum Gasteiger partial charge on any atom is -0.480 e. The molecular weight excluding hydrogens is 430 g/mol. The predicted octanol–water partition coefficient (Wildman–Crippen LogP) is 5.07. The number of thioether (sulfide) groups is 2. The van der Waals surface area contributed by atoms with E-state index in [0.717, 1.165) is 18.5 Å². The molecule has 0 bridgehead atoms. The molecule has 3 rings (SSSR count). The summed E-state index contributed by atoms with van der Waals surface area (Å²) >= 11 is 8.90. The lowest BCUT2D eigenvalue weighted by Gasteiger charge is -2.26. The first-order valence-corrected chi connectivity index (χ1v) is 11.8. The lowest BCUT2D eigenvalue weighted by atomic mass is 10.1. The van der Waals surface area contributed by atoms with Gasteiger partial charge in [0.25, 0.3) is 0 Å². The smallest absolute Gasteiger partial charge is 0.327 e. The second-order valence-electron chi connectivity index (χ2n) is 7.80. The summed E-state index contributed by atoms with van der Waals surface area (Å²) in [4.78, 5) is 30.6. The molecule has 2 N–H and O–H groups in total. The van der Waals surface area contributed by atoms with E-state index in [9.17, 15) is 14.7 Å². The Morgan fingerprint density at radius 1 is 1.38 bits per heavy atom. The average molecular weight is 456 g/mol. The molecule has 1 atom stereocenters. The van der Waals surface area contributed by atoms with Crippen LogP contribution in [-0.4, -0.2) is 44.7 Å². The van der Waals surface area contributed by atoms with E-state index in [1.165, 1.54) is 36.4 Å². The van der Waals surface area contributed by atoms with Gasteiger partial charge in [0.05, 0.1) is 11.1 Å². The van der Waals surface area contributed by atoms with Crippen LogP contribution < -0.4 is 10.2 Å². The molecule has 6 nitrogen and oxygen atoms in total. The van der Waals surface area contributed by atoms with Gasteiger partial charge in [-0.15, -0.1) is 11.8 Å². The van der Waals surface area contributed by atoms with E-state index in [4.69, 9.17) is 11.6 Å². The number of rotatable bonds is 6. The fraction of sp³-hybridized carbons (Fsp3) is 0.550. The van der Waals surface area contributed by atoms with Crippen LogP contribution in [0.5, 0.6) is 0 Å². The Balaban J connectivity index is 1.65. The molecule has 1 saturated carbocycles. The van der Waals surface area contributed by atoms with Crippen molar-refractivity contribution in [2.24, 2.45) is 10.9 Å². The lowest BCUT2D eigenvalue weighted by molar-refractivity contribution is -0.138. The van der Waals surface area contributed by atoms with E-state index in [1.807, 2.05) is 12.1 Å². The molecule has 29 heavy (non-hydrogen) atoms. The van der Waals surface area contributed by atoms with Gasteiger partial charge in [-0.05, 0) is 50.8 Å². The highest BCUT2D eigenvalue weighted by atomic mass is 35.5. The number of carboxylic acid groups (broad SMARTS) is 1. The lowest BCUT2D eigenvalue weighted by Crippen LogP contribution is -2.44. The predicted molar refractivity (Wildman–Crippen MR) is 122 cm³/mol. The van der Waals surface area contributed by atoms with Gasteiger partial charge in [0.15, 0.2) is 5.17 Å². The van der Waals surface area contributed by atoms with Crippen molar-refractivity contribution < 1.29 is 14.7 Å². The second kappa shape index (κ2) is 9.62. The molecule has 158 valence electrons. The number of carboxylic acids is 1. The van der Waals surface area contributed by atoms with Crippen LogP contribution in [0.25, 0.3) is 0 Å². The van der Waals surface area contributed by atoms with Gasteiger partial charge in [0, 0.05) is 17.3 Å². The van der Waals surface area contributed by atoms with E-state index in [-0.39, 0.29) is 10.6 Å². The summed E-state index contributed by atoms with van der Waals surface area (Å²) in [6.45, 7) is 4.48. The molecule has 0 aromatic heterocycles. The van der Waals surface area contributed by atoms with E-state index in [0.29, 0.717) is 29.2 Å². The zero-order valence-electron chi connectivity index (χ0n) is 16.6. The van der Waals surface area contributed by atoms with Crippen LogP contribution in [0, 0.1) is 5.92 Å². The monoisotopic (exact) mass is 455 g/mol. The zero-order valence-corrected chi connectivity index (χ0v) is 18.9. The van der Waals surface area contributed by atoms with Crippen LogP contribution in [0.1, 0.15) is 39.5 Å². The number of hydrogen-bond donors (Lipinski definition) is 2. The third kappa shape index (κ3) is 6.06. The topological polar surface area (TPSA) is 82.0 Å². The Morgan fingerprint density at radius 3 is 2.76 bits per heavy atom. The van der Waals surface area contributed by atoms with Crippen LogP contribution in [0.15, 0.2) is 29.3 Å². The number of nitrogens with zero attached hydrogens (tertiary/aromatic N) is 2. The Labute approximate surface area is 184 Å². The molecule has 1 fully saturated rings. The van der Waals surface area contributed by atoms with Gasteiger partial charge in [-0.2, -0.15) is 0 Å². The second-order valence-corrected chi connectivity index (χ2v) is 11.5. The third-order valence-electron chi connectivity index (χ3n) is 5.06. The zero-order chi connectivity index (χ0) is 21.0. The van der Waals surface area contributed by atoms with Crippen molar-refractivity contribution in [2.45, 2.75) is 48.9 Å². The number of carbonyl (C=O) groups excluding carboxylic acids is 1. The number of carbonyl (C=O) groups is 2. The summed E-state index contributed by atoms with van der Waals surface area (Å²) in [6.07, 6.45) is 4.67. The highest BCUT2D eigenvalue weighted by Gasteiger charge is 2.35. The van der Waals surface area contributed by atoms with Crippen molar-refractivity contribution in [3.8, 4) is 0 Å². The van der Waals surface area contributed by atoms with Gasteiger partial charge in [-0.25, -0.2) is 4.79 Å². The minimum atomic E-state index is -0.901. The van der Waals surface area contributed by atoms with Gasteiger partial charge in [0.2, 0.25) is 0 Å². The van der Waals surface area contributed by atoms with Gasteiger partial charge in [-0.1, -0.05) is 42.3 Å². The molecule has 0 spiro atoms. The Hall–Kier alpha value is -1.38. The Kier molecular flexibility index (Phi) is 7.40. The molecule has 1 heterocycles. The molecule has 1 aliphatic carbocycles. The number of amides is 2. The van der Waals surface area contributed by atoms with E-state index < -0.39 is 10.7 Å². The largest absolute Gasteiger partial charge is 0.480 e. The van der Waals surface area contributed by atoms with Crippen molar-refractivity contribution in [1.82, 2.24) is 5.32 Å². The summed E-state index contributed by atoms with van der Waals surface area (Å²) in [5.74, 6) is -0.373. The first kappa shape index (κ1) is 22.3. The van der Waals surface area contributed by atoms with Crippen molar-refractivity contribution in [1.29, 1.82) is 0 Å². The van der Waals surface area contributed by atoms with Crippen molar-refractivity contribution in [3.63, 3.8) is 0 Å². The molecule has 1 aliphatic heterocycles. The summed E-state index contributed by atoms with van der Waals surface area (Å²) in [7, 11) is 0. The van der Waals surface area contributed by atoms with Crippen molar-refractivity contribution in [2.75, 3.05) is 18.0 Å². The number of halogens is 1. The summed E-state index contributed by atoms with van der Waals surface area (Å²) in [5, 5.41) is 13.4. The molecule has 1 aromatic carbocycles. The number of amidine groups is 1. The number of hydrogen-bond acceptors (Lipinski definition) is 5. The summed E-state index contributed by atoms with van der Waals surface area (Å²) in [5.41, 5.74) is 0.767. The minimum absolute atomic E-state index is 0.0362. The quantitative estimate of drug-likeness (QED) is 0.625. The number of benzene rings is 1. The van der Waals surface area contributed by atoms with Gasteiger partial charge >= 0.3 is 12.0 Å². The number of nitrogens with one attached hydrogen (secondary N) is 1. The number of anilines is 1. The number of aliphatic imine (C=N–C) groups is 1. The van der Waals surface area contributed by atoms with Crippen LogP contribution in [0.4, 0.5) is 10.5 Å². The SMILES string of the molecule is CC(C)(SC1CN=C(NC(=O)N(CC2CCCC2)c2cccc(Cl)c2)S1)C(=O)O. The Morgan fingerprint density at radius 2 is 2.10 bits per heavy atom. The molecule has 0 radical (unpaired) electrons.